The second kappa shape index (κ2) is 6.76. The third-order valence-electron chi connectivity index (χ3n) is 3.00. The summed E-state index contributed by atoms with van der Waals surface area (Å²) in [4.78, 5) is 13.8. The van der Waals surface area contributed by atoms with E-state index in [1.807, 2.05) is 14.1 Å². The number of anilines is 1. The molecule has 0 N–H and O–H groups in total. The van der Waals surface area contributed by atoms with E-state index in [-0.39, 0.29) is 5.78 Å². The Bertz CT molecular complexity index is 634. The molecule has 0 saturated heterocycles. The molecule has 0 atom stereocenters. The van der Waals surface area contributed by atoms with Gasteiger partial charge < -0.3 is 4.90 Å². The van der Waals surface area contributed by atoms with E-state index < -0.39 is 15.3 Å². The first-order valence-electron chi connectivity index (χ1n) is 6.63. The lowest BCUT2D eigenvalue weighted by Gasteiger charge is -2.22. The average Bonchev–Trinajstić information content (AvgIpc) is 2.43. The second-order valence-corrected chi connectivity index (χ2v) is 7.78. The maximum atomic E-state index is 12.1. The number of sulfonamides is 1. The van der Waals surface area contributed by atoms with Crippen molar-refractivity contribution in [1.82, 2.24) is 4.90 Å². The minimum absolute atomic E-state index is 0.166. The van der Waals surface area contributed by atoms with Crippen LogP contribution in [0.2, 0.25) is 0 Å². The highest BCUT2D eigenvalue weighted by Crippen LogP contribution is 2.20. The molecule has 1 rings (SSSR count). The van der Waals surface area contributed by atoms with E-state index in [0.717, 1.165) is 0 Å². The predicted molar refractivity (Wildman–Crippen MR) is 86.1 cm³/mol. The molecule has 0 bridgehead atoms. The van der Waals surface area contributed by atoms with Gasteiger partial charge >= 0.3 is 0 Å². The fourth-order valence-corrected chi connectivity index (χ4v) is 2.67. The van der Waals surface area contributed by atoms with E-state index in [9.17, 15) is 13.2 Å². The van der Waals surface area contributed by atoms with Crippen LogP contribution in [0, 0.1) is 0 Å². The molecule has 1 aromatic rings. The van der Waals surface area contributed by atoms with Gasteiger partial charge in [-0.05, 0) is 26.0 Å². The monoisotopic (exact) mass is 310 g/mol. The van der Waals surface area contributed by atoms with Gasteiger partial charge in [0.1, 0.15) is 0 Å². The molecule has 0 spiro atoms. The summed E-state index contributed by atoms with van der Waals surface area (Å²) < 4.78 is 25.5. The summed E-state index contributed by atoms with van der Waals surface area (Å²) in [6.07, 6.45) is 3.11. The first kappa shape index (κ1) is 17.2. The maximum Gasteiger partial charge on any atom is 0.237 e. The summed E-state index contributed by atoms with van der Waals surface area (Å²) in [5.41, 5.74) is 0.934. The molecule has 0 aliphatic heterocycles. The number of ketones is 1. The molecule has 21 heavy (non-hydrogen) atoms. The number of allylic oxidation sites excluding steroid dienone is 1. The molecule has 0 fully saturated rings. The molecule has 0 aromatic heterocycles. The van der Waals surface area contributed by atoms with Crippen LogP contribution in [-0.2, 0) is 10.0 Å². The molecule has 116 valence electrons. The molecule has 6 heteroatoms. The van der Waals surface area contributed by atoms with Gasteiger partial charge in [-0.2, -0.15) is 0 Å². The summed E-state index contributed by atoms with van der Waals surface area (Å²) in [6, 6.07) is 6.61. The fourth-order valence-electron chi connectivity index (χ4n) is 1.63. The minimum atomic E-state index is -3.40. The first-order valence-corrected chi connectivity index (χ1v) is 8.13. The highest BCUT2D eigenvalue weighted by Gasteiger charge is 2.22. The lowest BCUT2D eigenvalue weighted by Crippen LogP contribution is -2.33. The summed E-state index contributed by atoms with van der Waals surface area (Å²) >= 11 is 0. The standard InChI is InChI=1S/C15H22N2O3S/c1-12(2)21(19,20)17(5)14-8-6-7-13(11-14)15(18)9-10-16(3)4/h6-12H,1-5H3/b10-9+. The zero-order valence-electron chi connectivity index (χ0n) is 13.1. The molecule has 0 amide bonds. The molecule has 0 aliphatic rings. The number of hydrogen-bond acceptors (Lipinski definition) is 4. The molecule has 1 aromatic carbocycles. The summed E-state index contributed by atoms with van der Waals surface area (Å²) in [6.45, 7) is 3.25. The van der Waals surface area contributed by atoms with Crippen LogP contribution in [-0.4, -0.2) is 45.5 Å². The van der Waals surface area contributed by atoms with Crippen LogP contribution in [0.15, 0.2) is 36.5 Å². The van der Waals surface area contributed by atoms with Gasteiger partial charge in [0.2, 0.25) is 10.0 Å². The van der Waals surface area contributed by atoms with E-state index in [0.29, 0.717) is 11.3 Å². The fraction of sp³-hybridized carbons (Fsp3) is 0.400. The van der Waals surface area contributed by atoms with Crippen molar-refractivity contribution in [3.05, 3.63) is 42.1 Å². The number of hydrogen-bond donors (Lipinski definition) is 0. The third kappa shape index (κ3) is 4.32. The molecule has 0 unspecified atom stereocenters. The average molecular weight is 310 g/mol. The molecule has 0 heterocycles. The van der Waals surface area contributed by atoms with Gasteiger partial charge in [0.05, 0.1) is 10.9 Å². The van der Waals surface area contributed by atoms with Gasteiger partial charge in [-0.25, -0.2) is 8.42 Å². The Morgan fingerprint density at radius 1 is 1.19 bits per heavy atom. The topological polar surface area (TPSA) is 57.7 Å². The van der Waals surface area contributed by atoms with E-state index in [4.69, 9.17) is 0 Å². The number of benzene rings is 1. The number of rotatable bonds is 6. The van der Waals surface area contributed by atoms with Crippen LogP contribution in [0.4, 0.5) is 5.69 Å². The van der Waals surface area contributed by atoms with Crippen LogP contribution in [0.1, 0.15) is 24.2 Å². The first-order chi connectivity index (χ1) is 9.66. The van der Waals surface area contributed by atoms with E-state index >= 15 is 0 Å². The lowest BCUT2D eigenvalue weighted by atomic mass is 10.1. The number of carbonyl (C=O) groups excluding carboxylic acids is 1. The predicted octanol–water partition coefficient (Wildman–Crippen LogP) is 2.12. The smallest absolute Gasteiger partial charge is 0.237 e. The zero-order valence-corrected chi connectivity index (χ0v) is 13.9. The Labute approximate surface area is 126 Å². The second-order valence-electron chi connectivity index (χ2n) is 5.26. The van der Waals surface area contributed by atoms with Crippen molar-refractivity contribution in [2.45, 2.75) is 19.1 Å². The Kier molecular flexibility index (Phi) is 5.54. The SMILES string of the molecule is CC(C)S(=O)(=O)N(C)c1cccc(C(=O)/C=C/N(C)C)c1. The molecule has 0 saturated carbocycles. The van der Waals surface area contributed by atoms with Crippen molar-refractivity contribution in [2.24, 2.45) is 0 Å². The van der Waals surface area contributed by atoms with Crippen molar-refractivity contribution in [3.8, 4) is 0 Å². The van der Waals surface area contributed by atoms with Crippen molar-refractivity contribution >= 4 is 21.5 Å². The largest absolute Gasteiger partial charge is 0.383 e. The summed E-state index contributed by atoms with van der Waals surface area (Å²) in [7, 11) is 1.74. The Morgan fingerprint density at radius 2 is 1.81 bits per heavy atom. The summed E-state index contributed by atoms with van der Waals surface area (Å²) in [5.74, 6) is -0.166. The Balaban J connectivity index is 3.09. The Hall–Kier alpha value is -1.82. The van der Waals surface area contributed by atoms with Crippen molar-refractivity contribution in [2.75, 3.05) is 25.4 Å². The summed E-state index contributed by atoms with van der Waals surface area (Å²) in [5, 5.41) is -0.518. The van der Waals surface area contributed by atoms with Crippen molar-refractivity contribution in [3.63, 3.8) is 0 Å². The van der Waals surface area contributed by atoms with E-state index in [1.165, 1.54) is 17.4 Å². The maximum absolute atomic E-state index is 12.1. The van der Waals surface area contributed by atoms with Gasteiger partial charge in [0, 0.05) is 39.0 Å². The molecular weight excluding hydrogens is 288 g/mol. The van der Waals surface area contributed by atoms with Crippen LogP contribution in [0.25, 0.3) is 0 Å². The highest BCUT2D eigenvalue weighted by molar-refractivity contribution is 7.93. The Morgan fingerprint density at radius 3 is 2.33 bits per heavy atom. The van der Waals surface area contributed by atoms with Gasteiger partial charge in [0.15, 0.2) is 5.78 Å². The van der Waals surface area contributed by atoms with Crippen LogP contribution in [0.5, 0.6) is 0 Å². The van der Waals surface area contributed by atoms with Gasteiger partial charge in [-0.3, -0.25) is 9.10 Å². The van der Waals surface area contributed by atoms with Gasteiger partial charge in [-0.15, -0.1) is 0 Å². The molecule has 0 aliphatic carbocycles. The highest BCUT2D eigenvalue weighted by atomic mass is 32.2. The molecule has 5 nitrogen and oxygen atoms in total. The quantitative estimate of drug-likeness (QED) is 0.596. The van der Waals surface area contributed by atoms with Crippen LogP contribution < -0.4 is 4.31 Å². The normalized spacial score (nSPS) is 11.9. The minimum Gasteiger partial charge on any atom is -0.383 e. The van der Waals surface area contributed by atoms with Crippen LogP contribution in [0.3, 0.4) is 0 Å². The van der Waals surface area contributed by atoms with Gasteiger partial charge in [-0.1, -0.05) is 12.1 Å². The van der Waals surface area contributed by atoms with Crippen molar-refractivity contribution < 1.29 is 13.2 Å². The molecular formula is C15H22N2O3S. The van der Waals surface area contributed by atoms with E-state index in [1.54, 1.807) is 49.2 Å². The lowest BCUT2D eigenvalue weighted by molar-refractivity contribution is 0.104. The zero-order chi connectivity index (χ0) is 16.2. The molecule has 0 radical (unpaired) electrons. The van der Waals surface area contributed by atoms with Crippen LogP contribution >= 0.6 is 0 Å². The number of carbonyl (C=O) groups is 1. The third-order valence-corrected chi connectivity index (χ3v) is 5.16. The van der Waals surface area contributed by atoms with Gasteiger partial charge in [0.25, 0.3) is 0 Å². The van der Waals surface area contributed by atoms with E-state index in [2.05, 4.69) is 0 Å². The number of nitrogens with zero attached hydrogens (tertiary/aromatic N) is 2. The van der Waals surface area contributed by atoms with Crippen molar-refractivity contribution in [1.29, 1.82) is 0 Å².